The third kappa shape index (κ3) is 3.52. The highest BCUT2D eigenvalue weighted by atomic mass is 79.9. The van der Waals surface area contributed by atoms with E-state index in [1.54, 1.807) is 25.3 Å². The van der Waals surface area contributed by atoms with E-state index in [1.165, 1.54) is 12.4 Å². The molecule has 0 radical (unpaired) electrons. The lowest BCUT2D eigenvalue weighted by atomic mass is 10.0. The molecule has 2 aromatic rings. The molecule has 0 aliphatic rings. The topological polar surface area (TPSA) is 47.0 Å². The molecule has 4 nitrogen and oxygen atoms in total. The van der Waals surface area contributed by atoms with Gasteiger partial charge in [0.05, 0.1) is 18.8 Å². The standard InChI is InChI=1S/C14H15BrFN3O/c1-17-12(13-7-14(20-2)19-8-18-13)6-9-5-10(15)3-4-11(9)16/h3-5,7-8,12,17H,6H2,1-2H3. The van der Waals surface area contributed by atoms with E-state index < -0.39 is 0 Å². The molecule has 0 aliphatic heterocycles. The normalized spacial score (nSPS) is 12.2. The van der Waals surface area contributed by atoms with Crippen molar-refractivity contribution in [3.8, 4) is 5.88 Å². The maximum absolute atomic E-state index is 13.8. The van der Waals surface area contributed by atoms with Crippen LogP contribution in [0.3, 0.4) is 0 Å². The zero-order valence-electron chi connectivity index (χ0n) is 11.2. The fourth-order valence-electron chi connectivity index (χ4n) is 1.93. The van der Waals surface area contributed by atoms with Crippen LogP contribution in [0, 0.1) is 5.82 Å². The van der Waals surface area contributed by atoms with Crippen LogP contribution >= 0.6 is 15.9 Å². The maximum atomic E-state index is 13.8. The molecule has 6 heteroatoms. The monoisotopic (exact) mass is 339 g/mol. The molecule has 1 unspecified atom stereocenters. The van der Waals surface area contributed by atoms with Crippen LogP contribution in [0.15, 0.2) is 35.1 Å². The molecule has 0 amide bonds. The summed E-state index contributed by atoms with van der Waals surface area (Å²) in [4.78, 5) is 8.19. The van der Waals surface area contributed by atoms with Crippen molar-refractivity contribution in [2.24, 2.45) is 0 Å². The second-order valence-corrected chi connectivity index (χ2v) is 5.18. The first-order valence-corrected chi connectivity index (χ1v) is 6.90. The van der Waals surface area contributed by atoms with Crippen LogP contribution in [0.4, 0.5) is 4.39 Å². The molecule has 2 rings (SSSR count). The Kier molecular flexibility index (Phi) is 5.03. The first-order chi connectivity index (χ1) is 9.63. The van der Waals surface area contributed by atoms with Gasteiger partial charge in [-0.05, 0) is 37.2 Å². The summed E-state index contributed by atoms with van der Waals surface area (Å²) in [5, 5.41) is 3.14. The van der Waals surface area contributed by atoms with E-state index in [0.29, 0.717) is 17.9 Å². The lowest BCUT2D eigenvalue weighted by Gasteiger charge is -2.16. The van der Waals surface area contributed by atoms with Crippen molar-refractivity contribution in [1.82, 2.24) is 15.3 Å². The minimum atomic E-state index is -0.227. The number of methoxy groups -OCH3 is 1. The van der Waals surface area contributed by atoms with E-state index in [2.05, 4.69) is 31.2 Å². The molecule has 0 bridgehead atoms. The van der Waals surface area contributed by atoms with Gasteiger partial charge in [-0.15, -0.1) is 0 Å². The molecular formula is C14H15BrFN3O. The van der Waals surface area contributed by atoms with Gasteiger partial charge in [0, 0.05) is 10.5 Å². The largest absolute Gasteiger partial charge is 0.481 e. The molecule has 1 atom stereocenters. The molecule has 1 N–H and O–H groups in total. The number of ether oxygens (including phenoxy) is 1. The van der Waals surface area contributed by atoms with Crippen molar-refractivity contribution in [3.63, 3.8) is 0 Å². The zero-order chi connectivity index (χ0) is 14.5. The number of hydrogen-bond donors (Lipinski definition) is 1. The quantitative estimate of drug-likeness (QED) is 0.909. The van der Waals surface area contributed by atoms with E-state index in [4.69, 9.17) is 4.74 Å². The van der Waals surface area contributed by atoms with Crippen LogP contribution < -0.4 is 10.1 Å². The Morgan fingerprint density at radius 2 is 2.15 bits per heavy atom. The summed E-state index contributed by atoms with van der Waals surface area (Å²) in [6.45, 7) is 0. The van der Waals surface area contributed by atoms with Crippen molar-refractivity contribution in [3.05, 3.63) is 52.1 Å². The van der Waals surface area contributed by atoms with E-state index in [1.807, 2.05) is 7.05 Å². The molecule has 0 spiro atoms. The van der Waals surface area contributed by atoms with E-state index in [9.17, 15) is 4.39 Å². The van der Waals surface area contributed by atoms with Gasteiger partial charge in [-0.3, -0.25) is 0 Å². The lowest BCUT2D eigenvalue weighted by molar-refractivity contribution is 0.394. The molecule has 0 saturated heterocycles. The number of nitrogens with zero attached hydrogens (tertiary/aromatic N) is 2. The van der Waals surface area contributed by atoms with Gasteiger partial charge >= 0.3 is 0 Å². The van der Waals surface area contributed by atoms with Crippen molar-refractivity contribution < 1.29 is 9.13 Å². The molecule has 1 heterocycles. The van der Waals surface area contributed by atoms with Crippen molar-refractivity contribution in [2.45, 2.75) is 12.5 Å². The summed E-state index contributed by atoms with van der Waals surface area (Å²) in [6, 6.07) is 6.54. The van der Waals surface area contributed by atoms with Gasteiger partial charge in [0.1, 0.15) is 12.1 Å². The summed E-state index contributed by atoms with van der Waals surface area (Å²) in [5.74, 6) is 0.263. The second-order valence-electron chi connectivity index (χ2n) is 4.27. The predicted molar refractivity (Wildman–Crippen MR) is 78.2 cm³/mol. The number of nitrogens with one attached hydrogen (secondary N) is 1. The molecular weight excluding hydrogens is 325 g/mol. The average molecular weight is 340 g/mol. The van der Waals surface area contributed by atoms with Gasteiger partial charge in [0.15, 0.2) is 0 Å². The van der Waals surface area contributed by atoms with E-state index >= 15 is 0 Å². The Balaban J connectivity index is 2.26. The van der Waals surface area contributed by atoms with Crippen molar-refractivity contribution >= 4 is 15.9 Å². The Hall–Kier alpha value is -1.53. The van der Waals surface area contributed by atoms with Crippen LogP contribution in [-0.4, -0.2) is 24.1 Å². The Morgan fingerprint density at radius 3 is 2.85 bits per heavy atom. The third-order valence-corrected chi connectivity index (χ3v) is 3.50. The molecule has 0 aliphatic carbocycles. The number of hydrogen-bond acceptors (Lipinski definition) is 4. The molecule has 20 heavy (non-hydrogen) atoms. The fourth-order valence-corrected chi connectivity index (χ4v) is 2.34. The average Bonchev–Trinajstić information content (AvgIpc) is 2.48. The second kappa shape index (κ2) is 6.76. The maximum Gasteiger partial charge on any atom is 0.216 e. The van der Waals surface area contributed by atoms with Crippen molar-refractivity contribution in [2.75, 3.05) is 14.2 Å². The summed E-state index contributed by atoms with van der Waals surface area (Å²) < 4.78 is 19.8. The molecule has 1 aromatic heterocycles. The third-order valence-electron chi connectivity index (χ3n) is 3.01. The first kappa shape index (κ1) is 14.9. The van der Waals surface area contributed by atoms with E-state index in [-0.39, 0.29) is 11.9 Å². The summed E-state index contributed by atoms with van der Waals surface area (Å²) in [5.41, 5.74) is 1.38. The summed E-state index contributed by atoms with van der Waals surface area (Å²) in [6.07, 6.45) is 1.93. The Morgan fingerprint density at radius 1 is 1.35 bits per heavy atom. The van der Waals surface area contributed by atoms with Gasteiger partial charge in [0.2, 0.25) is 5.88 Å². The highest BCUT2D eigenvalue weighted by Gasteiger charge is 2.15. The van der Waals surface area contributed by atoms with Crippen molar-refractivity contribution in [1.29, 1.82) is 0 Å². The Labute approximate surface area is 125 Å². The van der Waals surface area contributed by atoms with Gasteiger partial charge in [-0.2, -0.15) is 0 Å². The van der Waals surface area contributed by atoms with Crippen LogP contribution in [0.25, 0.3) is 0 Å². The lowest BCUT2D eigenvalue weighted by Crippen LogP contribution is -2.20. The van der Waals surface area contributed by atoms with Gasteiger partial charge in [0.25, 0.3) is 0 Å². The Bertz CT molecular complexity index is 594. The minimum Gasteiger partial charge on any atom is -0.481 e. The highest BCUT2D eigenvalue weighted by molar-refractivity contribution is 9.10. The van der Waals surface area contributed by atoms with Gasteiger partial charge in [-0.25, -0.2) is 14.4 Å². The molecule has 0 saturated carbocycles. The number of likely N-dealkylation sites (N-methyl/N-ethyl adjacent to an activating group) is 1. The number of benzene rings is 1. The van der Waals surface area contributed by atoms with Crippen LogP contribution in [0.1, 0.15) is 17.3 Å². The first-order valence-electron chi connectivity index (χ1n) is 6.11. The summed E-state index contributed by atoms with van der Waals surface area (Å²) >= 11 is 3.35. The molecule has 106 valence electrons. The fraction of sp³-hybridized carbons (Fsp3) is 0.286. The minimum absolute atomic E-state index is 0.115. The molecule has 1 aromatic carbocycles. The van der Waals surface area contributed by atoms with Crippen LogP contribution in [-0.2, 0) is 6.42 Å². The van der Waals surface area contributed by atoms with Gasteiger partial charge < -0.3 is 10.1 Å². The smallest absolute Gasteiger partial charge is 0.216 e. The number of rotatable bonds is 5. The van der Waals surface area contributed by atoms with Crippen LogP contribution in [0.5, 0.6) is 5.88 Å². The molecule has 0 fully saturated rings. The predicted octanol–water partition coefficient (Wildman–Crippen LogP) is 2.89. The SMILES string of the molecule is CNC(Cc1cc(Br)ccc1F)c1cc(OC)ncn1. The summed E-state index contributed by atoms with van der Waals surface area (Å²) in [7, 11) is 3.36. The highest BCUT2D eigenvalue weighted by Crippen LogP contribution is 2.22. The number of aromatic nitrogens is 2. The van der Waals surface area contributed by atoms with E-state index in [0.717, 1.165) is 10.2 Å². The van der Waals surface area contributed by atoms with Gasteiger partial charge in [-0.1, -0.05) is 15.9 Å². The number of halogens is 2. The van der Waals surface area contributed by atoms with Crippen LogP contribution in [0.2, 0.25) is 0 Å². The zero-order valence-corrected chi connectivity index (χ0v) is 12.8.